The van der Waals surface area contributed by atoms with E-state index in [1.807, 2.05) is 30.5 Å². The van der Waals surface area contributed by atoms with E-state index in [9.17, 15) is 13.2 Å². The third-order valence-corrected chi connectivity index (χ3v) is 4.33. The molecule has 0 saturated carbocycles. The summed E-state index contributed by atoms with van der Waals surface area (Å²) in [7, 11) is 0. The maximum absolute atomic E-state index is 12.2. The summed E-state index contributed by atoms with van der Waals surface area (Å²) in [6, 6.07) is 13.1. The van der Waals surface area contributed by atoms with Crippen LogP contribution in [0.25, 0.3) is 5.69 Å². The maximum atomic E-state index is 12.2. The normalized spacial score (nSPS) is 11.7. The number of anilines is 2. The first-order valence-electron chi connectivity index (χ1n) is 9.23. The van der Waals surface area contributed by atoms with E-state index in [2.05, 4.69) is 39.1 Å². The highest BCUT2D eigenvalue weighted by Gasteiger charge is 2.30. The number of ether oxygens (including phenoxy) is 1. The Kier molecular flexibility index (Phi) is 6.38. The average molecular weight is 405 g/mol. The van der Waals surface area contributed by atoms with E-state index in [0.717, 1.165) is 36.7 Å². The van der Waals surface area contributed by atoms with Crippen molar-refractivity contribution in [3.8, 4) is 11.4 Å². The lowest BCUT2D eigenvalue weighted by Crippen LogP contribution is -2.22. The number of hydrogen-bond donors (Lipinski definition) is 1. The second-order valence-electron chi connectivity index (χ2n) is 6.36. The molecule has 1 N–H and O–H groups in total. The van der Waals surface area contributed by atoms with E-state index in [1.54, 1.807) is 4.68 Å². The van der Waals surface area contributed by atoms with Crippen molar-refractivity contribution in [1.29, 1.82) is 0 Å². The first-order valence-corrected chi connectivity index (χ1v) is 9.23. The molecule has 3 rings (SSSR count). The zero-order valence-electron chi connectivity index (χ0n) is 16.1. The molecule has 1 heterocycles. The molecule has 3 aromatic rings. The van der Waals surface area contributed by atoms with Gasteiger partial charge in [0.25, 0.3) is 0 Å². The van der Waals surface area contributed by atoms with Gasteiger partial charge >= 0.3 is 6.36 Å². The molecule has 0 radical (unpaired) electrons. The summed E-state index contributed by atoms with van der Waals surface area (Å²) >= 11 is 0. The van der Waals surface area contributed by atoms with E-state index < -0.39 is 6.36 Å². The van der Waals surface area contributed by atoms with Gasteiger partial charge in [0.1, 0.15) is 5.75 Å². The first kappa shape index (κ1) is 20.7. The molecule has 1 aromatic heterocycles. The molecule has 0 bridgehead atoms. The molecule has 0 spiro atoms. The van der Waals surface area contributed by atoms with Crippen LogP contribution in [0.3, 0.4) is 0 Å². The summed E-state index contributed by atoms with van der Waals surface area (Å²) in [4.78, 5) is 2.26. The number of hydrogen-bond acceptors (Lipinski definition) is 5. The number of halogens is 3. The van der Waals surface area contributed by atoms with Gasteiger partial charge in [-0.05, 0) is 61.6 Å². The third kappa shape index (κ3) is 5.95. The van der Waals surface area contributed by atoms with Gasteiger partial charge in [-0.15, -0.1) is 18.3 Å². The van der Waals surface area contributed by atoms with Crippen LogP contribution in [0.1, 0.15) is 19.5 Å². The summed E-state index contributed by atoms with van der Waals surface area (Å²) in [6.07, 6.45) is -2.79. The Morgan fingerprint density at radius 3 is 2.10 bits per heavy atom. The van der Waals surface area contributed by atoms with Crippen LogP contribution < -0.4 is 10.1 Å². The molecule has 0 aliphatic carbocycles. The molecular weight excluding hydrogens is 383 g/mol. The number of aromatic nitrogens is 3. The Balaban J connectivity index is 1.62. The third-order valence-electron chi connectivity index (χ3n) is 4.33. The van der Waals surface area contributed by atoms with Gasteiger partial charge in [0.05, 0.1) is 17.6 Å². The molecule has 0 unspecified atom stereocenters. The fourth-order valence-electron chi connectivity index (χ4n) is 2.78. The second kappa shape index (κ2) is 8.95. The Labute approximate surface area is 166 Å². The molecular formula is C20H22F3N5O. The minimum absolute atomic E-state index is 0.259. The average Bonchev–Trinajstić information content (AvgIpc) is 3.16. The van der Waals surface area contributed by atoms with Crippen LogP contribution in [0.4, 0.5) is 24.5 Å². The Morgan fingerprint density at radius 1 is 0.966 bits per heavy atom. The molecule has 0 amide bonds. The van der Waals surface area contributed by atoms with Gasteiger partial charge < -0.3 is 10.1 Å². The van der Waals surface area contributed by atoms with Crippen molar-refractivity contribution in [2.75, 3.05) is 18.4 Å². The number of benzene rings is 2. The van der Waals surface area contributed by atoms with Crippen molar-refractivity contribution in [2.45, 2.75) is 26.8 Å². The van der Waals surface area contributed by atoms with Gasteiger partial charge in [0.2, 0.25) is 0 Å². The molecule has 6 nitrogen and oxygen atoms in total. The van der Waals surface area contributed by atoms with Crippen molar-refractivity contribution >= 4 is 11.4 Å². The molecule has 9 heteroatoms. The van der Waals surface area contributed by atoms with E-state index in [-0.39, 0.29) is 5.75 Å². The Bertz CT molecular complexity index is 903. The topological polar surface area (TPSA) is 55.2 Å². The van der Waals surface area contributed by atoms with Crippen LogP contribution in [0.15, 0.2) is 54.7 Å². The van der Waals surface area contributed by atoms with Crippen LogP contribution in [-0.4, -0.2) is 39.3 Å². The van der Waals surface area contributed by atoms with E-state index in [4.69, 9.17) is 0 Å². The van der Waals surface area contributed by atoms with Crippen molar-refractivity contribution in [1.82, 2.24) is 19.9 Å². The van der Waals surface area contributed by atoms with Crippen LogP contribution in [0, 0.1) is 0 Å². The van der Waals surface area contributed by atoms with Gasteiger partial charge in [0.15, 0.2) is 0 Å². The van der Waals surface area contributed by atoms with E-state index in [0.29, 0.717) is 5.69 Å². The highest BCUT2D eigenvalue weighted by atomic mass is 19.4. The maximum Gasteiger partial charge on any atom is 0.573 e. The lowest BCUT2D eigenvalue weighted by Gasteiger charge is -2.15. The van der Waals surface area contributed by atoms with Gasteiger partial charge in [0, 0.05) is 17.9 Å². The minimum atomic E-state index is -4.70. The van der Waals surface area contributed by atoms with Crippen LogP contribution in [0.2, 0.25) is 0 Å². The van der Waals surface area contributed by atoms with Crippen LogP contribution >= 0.6 is 0 Å². The van der Waals surface area contributed by atoms with Crippen molar-refractivity contribution in [3.63, 3.8) is 0 Å². The van der Waals surface area contributed by atoms with Gasteiger partial charge in [-0.25, -0.2) is 4.68 Å². The Hall–Kier alpha value is -3.07. The van der Waals surface area contributed by atoms with Gasteiger partial charge in [-0.3, -0.25) is 4.90 Å². The molecule has 0 fully saturated rings. The lowest BCUT2D eigenvalue weighted by atomic mass is 10.2. The van der Waals surface area contributed by atoms with Crippen molar-refractivity contribution < 1.29 is 17.9 Å². The quantitative estimate of drug-likeness (QED) is 0.586. The first-order chi connectivity index (χ1) is 13.9. The fourth-order valence-corrected chi connectivity index (χ4v) is 2.78. The predicted octanol–water partition coefficient (Wildman–Crippen LogP) is 4.75. The summed E-state index contributed by atoms with van der Waals surface area (Å²) in [6.45, 7) is 6.87. The molecule has 29 heavy (non-hydrogen) atoms. The number of rotatable bonds is 8. The fraction of sp³-hybridized carbons (Fsp3) is 0.300. The lowest BCUT2D eigenvalue weighted by molar-refractivity contribution is -0.274. The van der Waals surface area contributed by atoms with Gasteiger partial charge in [-0.2, -0.15) is 0 Å². The van der Waals surface area contributed by atoms with Crippen molar-refractivity contribution in [3.05, 3.63) is 60.4 Å². The monoisotopic (exact) mass is 405 g/mol. The second-order valence-corrected chi connectivity index (χ2v) is 6.36. The predicted molar refractivity (Wildman–Crippen MR) is 104 cm³/mol. The zero-order valence-corrected chi connectivity index (χ0v) is 16.1. The molecule has 0 atom stereocenters. The van der Waals surface area contributed by atoms with Crippen LogP contribution in [0.5, 0.6) is 5.75 Å². The van der Waals surface area contributed by atoms with Gasteiger partial charge in [-0.1, -0.05) is 19.1 Å². The molecule has 2 aromatic carbocycles. The smallest absolute Gasteiger partial charge is 0.406 e. The summed E-state index contributed by atoms with van der Waals surface area (Å²) in [5, 5.41) is 11.5. The summed E-state index contributed by atoms with van der Waals surface area (Å²) < 4.78 is 42.2. The summed E-state index contributed by atoms with van der Waals surface area (Å²) in [5.41, 5.74) is 3.20. The zero-order chi connectivity index (χ0) is 20.9. The van der Waals surface area contributed by atoms with E-state index in [1.165, 1.54) is 24.3 Å². The highest BCUT2D eigenvalue weighted by molar-refractivity contribution is 5.61. The van der Waals surface area contributed by atoms with Crippen molar-refractivity contribution in [2.24, 2.45) is 0 Å². The highest BCUT2D eigenvalue weighted by Crippen LogP contribution is 2.25. The standard InChI is InChI=1S/C20H22F3N5O/c1-3-27(4-2)13-17-14-28(26-25-17)18-9-5-15(6-10-18)24-16-7-11-19(12-8-16)29-20(21,22)23/h5-12,14,24H,3-4,13H2,1-2H3. The SMILES string of the molecule is CCN(CC)Cc1cn(-c2ccc(Nc3ccc(OC(F)(F)F)cc3)cc2)nn1. The molecule has 0 aliphatic rings. The summed E-state index contributed by atoms with van der Waals surface area (Å²) in [5.74, 6) is -0.259. The molecule has 0 saturated heterocycles. The number of nitrogens with one attached hydrogen (secondary N) is 1. The number of alkyl halides is 3. The van der Waals surface area contributed by atoms with E-state index >= 15 is 0 Å². The largest absolute Gasteiger partial charge is 0.573 e. The van der Waals surface area contributed by atoms with Crippen LogP contribution in [-0.2, 0) is 6.54 Å². The molecule has 0 aliphatic heterocycles. The Morgan fingerprint density at radius 2 is 1.55 bits per heavy atom. The minimum Gasteiger partial charge on any atom is -0.406 e. The molecule has 154 valence electrons. The number of nitrogens with zero attached hydrogens (tertiary/aromatic N) is 4.